The molecule has 1 aliphatic rings. The molecule has 0 aliphatic carbocycles. The van der Waals surface area contributed by atoms with Gasteiger partial charge in [0.2, 0.25) is 11.8 Å². The summed E-state index contributed by atoms with van der Waals surface area (Å²) < 4.78 is 10.9. The third kappa shape index (κ3) is 4.63. The van der Waals surface area contributed by atoms with Crippen LogP contribution in [0, 0.1) is 26.7 Å². The number of carbonyl (C=O) groups is 2. The van der Waals surface area contributed by atoms with Gasteiger partial charge in [0, 0.05) is 17.0 Å². The van der Waals surface area contributed by atoms with Crippen LogP contribution in [0.2, 0.25) is 0 Å². The molecule has 0 radical (unpaired) electrons. The molecular formula is C26H29N3O4S. The number of aromatic nitrogens is 1. The molecular weight excluding hydrogens is 450 g/mol. The molecule has 0 spiro atoms. The van der Waals surface area contributed by atoms with E-state index in [0.717, 1.165) is 27.4 Å². The highest BCUT2D eigenvalue weighted by atomic mass is 32.1. The predicted octanol–water partition coefficient (Wildman–Crippen LogP) is 5.21. The summed E-state index contributed by atoms with van der Waals surface area (Å²) >= 11 is 1.45. The number of benzene rings is 2. The van der Waals surface area contributed by atoms with Crippen molar-refractivity contribution >= 4 is 34.0 Å². The smallest absolute Gasteiger partial charge is 0.231 e. The first-order valence-corrected chi connectivity index (χ1v) is 12.0. The molecule has 2 atom stereocenters. The lowest BCUT2D eigenvalue weighted by Crippen LogP contribution is -2.47. The van der Waals surface area contributed by atoms with Crippen LogP contribution in [0.4, 0.5) is 10.8 Å². The van der Waals surface area contributed by atoms with Gasteiger partial charge >= 0.3 is 0 Å². The first-order chi connectivity index (χ1) is 16.3. The molecule has 1 aromatic heterocycles. The van der Waals surface area contributed by atoms with E-state index in [1.54, 1.807) is 19.1 Å². The number of hydrogen-bond acceptors (Lipinski definition) is 6. The molecule has 1 N–H and O–H groups in total. The third-order valence-electron chi connectivity index (χ3n) is 6.25. The van der Waals surface area contributed by atoms with E-state index in [9.17, 15) is 9.59 Å². The zero-order valence-electron chi connectivity index (χ0n) is 20.0. The second-order valence-corrected chi connectivity index (χ2v) is 9.66. The number of nitrogens with zero attached hydrogens (tertiary/aromatic N) is 2. The predicted molar refractivity (Wildman–Crippen MR) is 134 cm³/mol. The SMILES string of the molecule is COc1ccc(C2C(C(=O)Nc3nc(C)c(C)s3)CCC(=O)N2c2ccc(C)cc2)cc1OC. The van der Waals surface area contributed by atoms with Crippen molar-refractivity contribution < 1.29 is 19.1 Å². The van der Waals surface area contributed by atoms with Gasteiger partial charge in [-0.05, 0) is 57.0 Å². The number of anilines is 2. The van der Waals surface area contributed by atoms with E-state index < -0.39 is 12.0 Å². The van der Waals surface area contributed by atoms with Gasteiger partial charge in [0.15, 0.2) is 16.6 Å². The van der Waals surface area contributed by atoms with Gasteiger partial charge in [-0.1, -0.05) is 23.8 Å². The quantitative estimate of drug-likeness (QED) is 0.525. The second kappa shape index (κ2) is 9.85. The maximum Gasteiger partial charge on any atom is 0.231 e. The fourth-order valence-corrected chi connectivity index (χ4v) is 5.14. The number of ether oxygens (including phenoxy) is 2. The molecule has 1 aliphatic heterocycles. The zero-order valence-corrected chi connectivity index (χ0v) is 20.9. The number of aryl methyl sites for hydroxylation is 3. The van der Waals surface area contributed by atoms with Crippen LogP contribution in [0.15, 0.2) is 42.5 Å². The van der Waals surface area contributed by atoms with E-state index in [0.29, 0.717) is 23.1 Å². The Hall–Kier alpha value is -3.39. The number of piperidine rings is 1. The number of rotatable bonds is 6. The number of carbonyl (C=O) groups excluding carboxylic acids is 2. The normalized spacial score (nSPS) is 18.0. The van der Waals surface area contributed by atoms with Crippen molar-refractivity contribution in [3.05, 3.63) is 64.2 Å². The lowest BCUT2D eigenvalue weighted by molar-refractivity contribution is -0.125. The number of nitrogens with one attached hydrogen (secondary N) is 1. The Bertz CT molecular complexity index is 1190. The molecule has 178 valence electrons. The maximum atomic E-state index is 13.5. The topological polar surface area (TPSA) is 80.8 Å². The summed E-state index contributed by atoms with van der Waals surface area (Å²) in [6.45, 7) is 5.90. The number of hydrogen-bond donors (Lipinski definition) is 1. The highest BCUT2D eigenvalue weighted by molar-refractivity contribution is 7.15. The molecule has 2 aromatic carbocycles. The second-order valence-electron chi connectivity index (χ2n) is 8.45. The van der Waals surface area contributed by atoms with Crippen molar-refractivity contribution in [3.63, 3.8) is 0 Å². The van der Waals surface area contributed by atoms with Gasteiger partial charge < -0.3 is 19.7 Å². The molecule has 2 unspecified atom stereocenters. The van der Waals surface area contributed by atoms with Gasteiger partial charge in [-0.15, -0.1) is 11.3 Å². The average Bonchev–Trinajstić information content (AvgIpc) is 3.15. The molecule has 1 saturated heterocycles. The lowest BCUT2D eigenvalue weighted by Gasteiger charge is -2.41. The van der Waals surface area contributed by atoms with E-state index >= 15 is 0 Å². The molecule has 34 heavy (non-hydrogen) atoms. The van der Waals surface area contributed by atoms with Crippen LogP contribution in [0.3, 0.4) is 0 Å². The zero-order chi connectivity index (χ0) is 24.4. The summed E-state index contributed by atoms with van der Waals surface area (Å²) in [6, 6.07) is 12.8. The van der Waals surface area contributed by atoms with Gasteiger partial charge in [-0.3, -0.25) is 9.59 Å². The highest BCUT2D eigenvalue weighted by Crippen LogP contribution is 2.43. The lowest BCUT2D eigenvalue weighted by atomic mass is 9.83. The molecule has 2 amide bonds. The van der Waals surface area contributed by atoms with Crippen molar-refractivity contribution in [1.82, 2.24) is 4.98 Å². The maximum absolute atomic E-state index is 13.5. The monoisotopic (exact) mass is 479 g/mol. The molecule has 1 fully saturated rings. The minimum absolute atomic E-state index is 0.0198. The Balaban J connectivity index is 1.78. The standard InChI is InChI=1S/C26H29N3O4S/c1-15-6-9-19(10-7-15)29-23(30)13-11-20(25(31)28-26-27-16(2)17(3)34-26)24(29)18-8-12-21(32-4)22(14-18)33-5/h6-10,12,14,20,24H,11,13H2,1-5H3,(H,27,28,31). The van der Waals surface area contributed by atoms with Crippen molar-refractivity contribution in [2.75, 3.05) is 24.4 Å². The molecule has 3 aromatic rings. The van der Waals surface area contributed by atoms with Gasteiger partial charge in [0.05, 0.1) is 31.9 Å². The Morgan fingerprint density at radius 2 is 1.76 bits per heavy atom. The van der Waals surface area contributed by atoms with Gasteiger partial charge in [0.1, 0.15) is 0 Å². The van der Waals surface area contributed by atoms with Crippen molar-refractivity contribution in [3.8, 4) is 11.5 Å². The van der Waals surface area contributed by atoms with Crippen molar-refractivity contribution in [2.24, 2.45) is 5.92 Å². The van der Waals surface area contributed by atoms with Crippen LogP contribution in [-0.4, -0.2) is 31.0 Å². The summed E-state index contributed by atoms with van der Waals surface area (Å²) in [6.07, 6.45) is 0.723. The van der Waals surface area contributed by atoms with Crippen LogP contribution in [0.5, 0.6) is 11.5 Å². The largest absolute Gasteiger partial charge is 0.493 e. The van der Waals surface area contributed by atoms with E-state index in [1.165, 1.54) is 11.3 Å². The van der Waals surface area contributed by atoms with Crippen LogP contribution in [0.1, 0.15) is 40.6 Å². The van der Waals surface area contributed by atoms with Gasteiger partial charge in [0.25, 0.3) is 0 Å². The third-order valence-corrected chi connectivity index (χ3v) is 7.24. The number of methoxy groups -OCH3 is 2. The molecule has 0 bridgehead atoms. The summed E-state index contributed by atoms with van der Waals surface area (Å²) in [5.74, 6) is 0.491. The van der Waals surface area contributed by atoms with Crippen LogP contribution < -0.4 is 19.7 Å². The van der Waals surface area contributed by atoms with E-state index in [4.69, 9.17) is 9.47 Å². The van der Waals surface area contributed by atoms with Gasteiger partial charge in [-0.2, -0.15) is 0 Å². The fourth-order valence-electron chi connectivity index (χ4n) is 4.32. The van der Waals surface area contributed by atoms with Crippen molar-refractivity contribution in [2.45, 2.75) is 39.7 Å². The Labute approximate surface area is 203 Å². The molecule has 0 saturated carbocycles. The average molecular weight is 480 g/mol. The summed E-state index contributed by atoms with van der Waals surface area (Å²) in [5, 5.41) is 3.57. The molecule has 7 nitrogen and oxygen atoms in total. The first kappa shape index (κ1) is 23.8. The summed E-state index contributed by atoms with van der Waals surface area (Å²) in [5.41, 5.74) is 3.56. The summed E-state index contributed by atoms with van der Waals surface area (Å²) in [7, 11) is 3.15. The first-order valence-electron chi connectivity index (χ1n) is 11.2. The number of thiazole rings is 1. The van der Waals surface area contributed by atoms with E-state index in [-0.39, 0.29) is 18.2 Å². The van der Waals surface area contributed by atoms with Gasteiger partial charge in [-0.25, -0.2) is 4.98 Å². The Morgan fingerprint density at radius 1 is 1.06 bits per heavy atom. The van der Waals surface area contributed by atoms with E-state index in [1.807, 2.05) is 63.2 Å². The Morgan fingerprint density at radius 3 is 2.38 bits per heavy atom. The summed E-state index contributed by atoms with van der Waals surface area (Å²) in [4.78, 5) is 34.1. The minimum atomic E-state index is -0.508. The number of amides is 2. The van der Waals surface area contributed by atoms with Crippen LogP contribution >= 0.6 is 11.3 Å². The molecule has 2 heterocycles. The van der Waals surface area contributed by atoms with Crippen LogP contribution in [0.25, 0.3) is 0 Å². The Kier molecular flexibility index (Phi) is 6.88. The highest BCUT2D eigenvalue weighted by Gasteiger charge is 2.42. The van der Waals surface area contributed by atoms with Crippen LogP contribution in [-0.2, 0) is 9.59 Å². The van der Waals surface area contributed by atoms with E-state index in [2.05, 4.69) is 10.3 Å². The minimum Gasteiger partial charge on any atom is -0.493 e. The molecule has 4 rings (SSSR count). The fraction of sp³-hybridized carbons (Fsp3) is 0.346. The van der Waals surface area contributed by atoms with Crippen molar-refractivity contribution in [1.29, 1.82) is 0 Å². The molecule has 8 heteroatoms.